The molecule has 2 heteroatoms. The molecule has 0 aliphatic heterocycles. The topological polar surface area (TPSA) is 25.8 Å². The highest BCUT2D eigenvalue weighted by atomic mass is 14.6. The molecule has 2 nitrogen and oxygen atoms in total. The van der Waals surface area contributed by atoms with Gasteiger partial charge in [0.15, 0.2) is 0 Å². The second kappa shape index (κ2) is 5.94. The summed E-state index contributed by atoms with van der Waals surface area (Å²) < 4.78 is 0. The minimum atomic E-state index is 0.999. The highest BCUT2D eigenvalue weighted by molar-refractivity contribution is 5.95. The molecule has 1 aromatic carbocycles. The zero-order chi connectivity index (χ0) is 15.5. The predicted octanol–water partition coefficient (Wildman–Crippen LogP) is 5.28. The SMILES string of the molecule is C=C(C)/C(C)=C/c1ccc2nccc(-c3ccncc3)c2c1. The molecule has 108 valence electrons. The van der Waals surface area contributed by atoms with Crippen molar-refractivity contribution in [2.24, 2.45) is 0 Å². The summed E-state index contributed by atoms with van der Waals surface area (Å²) in [6.45, 7) is 8.10. The third kappa shape index (κ3) is 2.82. The number of nitrogens with zero attached hydrogens (tertiary/aromatic N) is 2. The molecule has 2 aromatic heterocycles. The molecule has 3 aromatic rings. The second-order valence-electron chi connectivity index (χ2n) is 5.48. The van der Waals surface area contributed by atoms with Crippen molar-refractivity contribution < 1.29 is 0 Å². The van der Waals surface area contributed by atoms with E-state index in [0.29, 0.717) is 0 Å². The lowest BCUT2D eigenvalue weighted by Crippen LogP contribution is -1.86. The lowest BCUT2D eigenvalue weighted by molar-refractivity contribution is 1.33. The monoisotopic (exact) mass is 286 g/mol. The fraction of sp³-hybridized carbons (Fsp3) is 0.100. The van der Waals surface area contributed by atoms with Crippen LogP contribution in [0.3, 0.4) is 0 Å². The standard InChI is InChI=1S/C20H18N2/c1-14(2)15(3)12-16-4-5-20-19(13-16)18(8-11-22-20)17-6-9-21-10-7-17/h4-13H,1H2,2-3H3/b15-12+. The van der Waals surface area contributed by atoms with E-state index in [1.165, 1.54) is 11.1 Å². The number of aromatic nitrogens is 2. The smallest absolute Gasteiger partial charge is 0.0708 e. The maximum absolute atomic E-state index is 4.47. The Morgan fingerprint density at radius 3 is 2.50 bits per heavy atom. The molecule has 0 fully saturated rings. The van der Waals surface area contributed by atoms with E-state index in [1.54, 1.807) is 0 Å². The summed E-state index contributed by atoms with van der Waals surface area (Å²) in [5.74, 6) is 0. The summed E-state index contributed by atoms with van der Waals surface area (Å²) in [6, 6.07) is 12.4. The number of pyridine rings is 2. The number of benzene rings is 1. The van der Waals surface area contributed by atoms with Crippen LogP contribution in [0.4, 0.5) is 0 Å². The predicted molar refractivity (Wildman–Crippen MR) is 93.4 cm³/mol. The normalized spacial score (nSPS) is 11.6. The molecular weight excluding hydrogens is 268 g/mol. The molecule has 0 atom stereocenters. The molecule has 0 bridgehead atoms. The maximum Gasteiger partial charge on any atom is 0.0708 e. The highest BCUT2D eigenvalue weighted by Gasteiger charge is 2.05. The van der Waals surface area contributed by atoms with Crippen molar-refractivity contribution in [1.82, 2.24) is 9.97 Å². The quantitative estimate of drug-likeness (QED) is 0.612. The number of fused-ring (bicyclic) bond motifs is 1. The second-order valence-corrected chi connectivity index (χ2v) is 5.48. The lowest BCUT2D eigenvalue weighted by Gasteiger charge is -2.08. The zero-order valence-electron chi connectivity index (χ0n) is 12.9. The van der Waals surface area contributed by atoms with Crippen LogP contribution < -0.4 is 0 Å². The Labute approximate surface area is 130 Å². The molecule has 0 spiro atoms. The van der Waals surface area contributed by atoms with Gasteiger partial charge in [-0.1, -0.05) is 24.3 Å². The summed E-state index contributed by atoms with van der Waals surface area (Å²) in [5, 5.41) is 1.15. The Balaban J connectivity index is 2.19. The van der Waals surface area contributed by atoms with Gasteiger partial charge in [0.05, 0.1) is 5.52 Å². The largest absolute Gasteiger partial charge is 0.265 e. The number of hydrogen-bond acceptors (Lipinski definition) is 2. The molecule has 2 heterocycles. The van der Waals surface area contributed by atoms with Crippen LogP contribution in [-0.4, -0.2) is 9.97 Å². The summed E-state index contributed by atoms with van der Waals surface area (Å²) in [7, 11) is 0. The highest BCUT2D eigenvalue weighted by Crippen LogP contribution is 2.28. The van der Waals surface area contributed by atoms with Crippen LogP contribution in [-0.2, 0) is 0 Å². The Hall–Kier alpha value is -2.74. The van der Waals surface area contributed by atoms with Crippen LogP contribution in [0, 0.1) is 0 Å². The van der Waals surface area contributed by atoms with E-state index in [4.69, 9.17) is 0 Å². The first-order chi connectivity index (χ1) is 10.6. The molecule has 0 unspecified atom stereocenters. The third-order valence-electron chi connectivity index (χ3n) is 3.81. The molecule has 0 N–H and O–H groups in total. The van der Waals surface area contributed by atoms with Gasteiger partial charge in [-0.3, -0.25) is 9.97 Å². The molecule has 22 heavy (non-hydrogen) atoms. The minimum absolute atomic E-state index is 0.999. The Morgan fingerprint density at radius 2 is 1.77 bits per heavy atom. The van der Waals surface area contributed by atoms with Crippen LogP contribution in [0.15, 0.2) is 72.7 Å². The van der Waals surface area contributed by atoms with Crippen LogP contribution in [0.1, 0.15) is 19.4 Å². The molecule has 0 saturated heterocycles. The molecule has 0 saturated carbocycles. The van der Waals surface area contributed by atoms with Crippen molar-refractivity contribution in [2.45, 2.75) is 13.8 Å². The van der Waals surface area contributed by atoms with Crippen molar-refractivity contribution in [1.29, 1.82) is 0 Å². The van der Waals surface area contributed by atoms with E-state index in [0.717, 1.165) is 27.6 Å². The Kier molecular flexibility index (Phi) is 3.84. The van der Waals surface area contributed by atoms with Gasteiger partial charge in [0.25, 0.3) is 0 Å². The van der Waals surface area contributed by atoms with E-state index < -0.39 is 0 Å². The fourth-order valence-corrected chi connectivity index (χ4v) is 2.41. The maximum atomic E-state index is 4.47. The van der Waals surface area contributed by atoms with Crippen molar-refractivity contribution in [2.75, 3.05) is 0 Å². The van der Waals surface area contributed by atoms with E-state index in [9.17, 15) is 0 Å². The first-order valence-corrected chi connectivity index (χ1v) is 7.28. The Morgan fingerprint density at radius 1 is 1.00 bits per heavy atom. The number of rotatable bonds is 3. The summed E-state index contributed by atoms with van der Waals surface area (Å²) >= 11 is 0. The van der Waals surface area contributed by atoms with Gasteiger partial charge in [-0.2, -0.15) is 0 Å². The minimum Gasteiger partial charge on any atom is -0.265 e. The van der Waals surface area contributed by atoms with Crippen molar-refractivity contribution in [3.8, 4) is 11.1 Å². The molecule has 3 rings (SSSR count). The molecule has 0 radical (unpaired) electrons. The molecule has 0 amide bonds. The summed E-state index contributed by atoms with van der Waals surface area (Å²) in [6.07, 6.45) is 7.64. The van der Waals surface area contributed by atoms with Crippen molar-refractivity contribution in [3.05, 3.63) is 78.3 Å². The van der Waals surface area contributed by atoms with Crippen molar-refractivity contribution in [3.63, 3.8) is 0 Å². The van der Waals surface area contributed by atoms with E-state index >= 15 is 0 Å². The van der Waals surface area contributed by atoms with Crippen LogP contribution in [0.2, 0.25) is 0 Å². The van der Waals surface area contributed by atoms with Gasteiger partial charge in [0.2, 0.25) is 0 Å². The van der Waals surface area contributed by atoms with Crippen LogP contribution in [0.5, 0.6) is 0 Å². The molecular formula is C20H18N2. The molecule has 0 aliphatic rings. The van der Waals surface area contributed by atoms with Gasteiger partial charge in [0, 0.05) is 24.0 Å². The zero-order valence-corrected chi connectivity index (χ0v) is 12.9. The molecule has 0 aliphatic carbocycles. The van der Waals surface area contributed by atoms with E-state index in [1.807, 2.05) is 37.6 Å². The Bertz CT molecular complexity index is 861. The number of allylic oxidation sites excluding steroid dienone is 2. The lowest BCUT2D eigenvalue weighted by atomic mass is 9.99. The average Bonchev–Trinajstić information content (AvgIpc) is 2.55. The number of hydrogen-bond donors (Lipinski definition) is 0. The van der Waals surface area contributed by atoms with Crippen LogP contribution in [0.25, 0.3) is 28.1 Å². The van der Waals surface area contributed by atoms with Crippen LogP contribution >= 0.6 is 0 Å². The van der Waals surface area contributed by atoms with Gasteiger partial charge < -0.3 is 0 Å². The van der Waals surface area contributed by atoms with E-state index in [2.05, 4.69) is 53.8 Å². The van der Waals surface area contributed by atoms with Crippen molar-refractivity contribution >= 4 is 17.0 Å². The average molecular weight is 286 g/mol. The van der Waals surface area contributed by atoms with Gasteiger partial charge >= 0.3 is 0 Å². The van der Waals surface area contributed by atoms with Gasteiger partial charge in [-0.15, -0.1) is 0 Å². The summed E-state index contributed by atoms with van der Waals surface area (Å²) in [5.41, 5.74) is 6.76. The first-order valence-electron chi connectivity index (χ1n) is 7.28. The summed E-state index contributed by atoms with van der Waals surface area (Å²) in [4.78, 5) is 8.56. The van der Waals surface area contributed by atoms with Gasteiger partial charge in [0.1, 0.15) is 0 Å². The first kappa shape index (κ1) is 14.2. The van der Waals surface area contributed by atoms with E-state index in [-0.39, 0.29) is 0 Å². The van der Waals surface area contributed by atoms with Gasteiger partial charge in [-0.25, -0.2) is 0 Å². The fourth-order valence-electron chi connectivity index (χ4n) is 2.41. The van der Waals surface area contributed by atoms with Gasteiger partial charge in [-0.05, 0) is 66.4 Å². The third-order valence-corrected chi connectivity index (χ3v) is 3.81.